The van der Waals surface area contributed by atoms with E-state index in [-0.39, 0.29) is 17.8 Å². The molecule has 0 aromatic carbocycles. The SMILES string of the molecule is CC(=C(CC(=O)O)C(=O)O)C1COC(=O)O1. The first kappa shape index (κ1) is 12.0. The second-order valence-corrected chi connectivity index (χ2v) is 3.20. The van der Waals surface area contributed by atoms with Crippen molar-refractivity contribution in [3.05, 3.63) is 11.1 Å². The van der Waals surface area contributed by atoms with Gasteiger partial charge in [-0.15, -0.1) is 0 Å². The van der Waals surface area contributed by atoms with Gasteiger partial charge in [0.2, 0.25) is 0 Å². The molecule has 1 atom stereocenters. The molecule has 2 N–H and O–H groups in total. The zero-order valence-electron chi connectivity index (χ0n) is 8.43. The average Bonchev–Trinajstić information content (AvgIpc) is 2.59. The second-order valence-electron chi connectivity index (χ2n) is 3.20. The van der Waals surface area contributed by atoms with Gasteiger partial charge in [0.05, 0.1) is 12.0 Å². The quantitative estimate of drug-likeness (QED) is 0.531. The second kappa shape index (κ2) is 4.65. The van der Waals surface area contributed by atoms with E-state index in [0.29, 0.717) is 0 Å². The van der Waals surface area contributed by atoms with Gasteiger partial charge in [-0.1, -0.05) is 0 Å². The first-order valence-electron chi connectivity index (χ1n) is 4.40. The van der Waals surface area contributed by atoms with E-state index in [4.69, 9.17) is 10.2 Å². The number of rotatable bonds is 4. The minimum atomic E-state index is -1.34. The molecule has 0 aromatic heterocycles. The lowest BCUT2D eigenvalue weighted by atomic mass is 10.0. The summed E-state index contributed by atoms with van der Waals surface area (Å²) in [7, 11) is 0. The van der Waals surface area contributed by atoms with Crippen LogP contribution in [0.4, 0.5) is 4.79 Å². The summed E-state index contributed by atoms with van der Waals surface area (Å²) in [5.74, 6) is -2.61. The van der Waals surface area contributed by atoms with Crippen LogP contribution in [0.15, 0.2) is 11.1 Å². The molecule has 16 heavy (non-hydrogen) atoms. The lowest BCUT2D eigenvalue weighted by molar-refractivity contribution is -0.139. The molecule has 1 fully saturated rings. The number of carbonyl (C=O) groups is 3. The Morgan fingerprint density at radius 3 is 2.44 bits per heavy atom. The van der Waals surface area contributed by atoms with Gasteiger partial charge in [0, 0.05) is 0 Å². The van der Waals surface area contributed by atoms with E-state index >= 15 is 0 Å². The summed E-state index contributed by atoms with van der Waals surface area (Å²) >= 11 is 0. The minimum Gasteiger partial charge on any atom is -0.481 e. The molecule has 88 valence electrons. The number of carbonyl (C=O) groups excluding carboxylic acids is 1. The summed E-state index contributed by atoms with van der Waals surface area (Å²) in [6.07, 6.45) is -2.34. The van der Waals surface area contributed by atoms with E-state index in [1.54, 1.807) is 0 Å². The first-order valence-corrected chi connectivity index (χ1v) is 4.40. The van der Waals surface area contributed by atoms with E-state index in [1.165, 1.54) is 6.92 Å². The molecule has 1 unspecified atom stereocenters. The van der Waals surface area contributed by atoms with Crippen molar-refractivity contribution in [1.29, 1.82) is 0 Å². The normalized spacial score (nSPS) is 20.8. The van der Waals surface area contributed by atoms with Gasteiger partial charge < -0.3 is 19.7 Å². The summed E-state index contributed by atoms with van der Waals surface area (Å²) in [5, 5.41) is 17.4. The molecule has 0 spiro atoms. The molecule has 0 bridgehead atoms. The molecule has 0 saturated carbocycles. The summed E-state index contributed by atoms with van der Waals surface area (Å²) < 4.78 is 9.15. The Bertz CT molecular complexity index is 368. The Morgan fingerprint density at radius 1 is 1.44 bits per heavy atom. The van der Waals surface area contributed by atoms with E-state index in [0.717, 1.165) is 0 Å². The van der Waals surface area contributed by atoms with Crippen LogP contribution in [0.3, 0.4) is 0 Å². The fourth-order valence-corrected chi connectivity index (χ4v) is 1.27. The third kappa shape index (κ3) is 2.72. The maximum absolute atomic E-state index is 10.8. The van der Waals surface area contributed by atoms with Gasteiger partial charge in [0.15, 0.2) is 6.10 Å². The van der Waals surface area contributed by atoms with Crippen LogP contribution in [0.2, 0.25) is 0 Å². The van der Waals surface area contributed by atoms with Gasteiger partial charge in [-0.25, -0.2) is 9.59 Å². The van der Waals surface area contributed by atoms with Crippen molar-refractivity contribution in [2.75, 3.05) is 6.61 Å². The summed E-state index contributed by atoms with van der Waals surface area (Å²) in [4.78, 5) is 31.9. The van der Waals surface area contributed by atoms with E-state index < -0.39 is 30.6 Å². The van der Waals surface area contributed by atoms with Crippen LogP contribution < -0.4 is 0 Å². The first-order chi connectivity index (χ1) is 7.41. The van der Waals surface area contributed by atoms with Crippen molar-refractivity contribution < 1.29 is 34.1 Å². The van der Waals surface area contributed by atoms with Crippen molar-refractivity contribution in [3.63, 3.8) is 0 Å². The number of carboxylic acid groups (broad SMARTS) is 2. The highest BCUT2D eigenvalue weighted by molar-refractivity contribution is 5.93. The van der Waals surface area contributed by atoms with E-state index in [1.807, 2.05) is 0 Å². The van der Waals surface area contributed by atoms with Crippen LogP contribution in [0.1, 0.15) is 13.3 Å². The van der Waals surface area contributed by atoms with Crippen LogP contribution in [-0.2, 0) is 19.1 Å². The van der Waals surface area contributed by atoms with Gasteiger partial charge in [-0.05, 0) is 12.5 Å². The highest BCUT2D eigenvalue weighted by atomic mass is 16.8. The average molecular weight is 230 g/mol. The Hall–Kier alpha value is -2.05. The van der Waals surface area contributed by atoms with Crippen LogP contribution in [-0.4, -0.2) is 41.0 Å². The molecule has 0 aromatic rings. The zero-order valence-corrected chi connectivity index (χ0v) is 8.43. The van der Waals surface area contributed by atoms with Gasteiger partial charge in [0.1, 0.15) is 6.61 Å². The molecule has 0 amide bonds. The Labute approximate surface area is 90.3 Å². The molecule has 0 aliphatic carbocycles. The van der Waals surface area contributed by atoms with Crippen LogP contribution in [0.5, 0.6) is 0 Å². The fourth-order valence-electron chi connectivity index (χ4n) is 1.27. The molecule has 7 nitrogen and oxygen atoms in total. The number of aliphatic carboxylic acids is 2. The molecule has 1 heterocycles. The molecule has 1 saturated heterocycles. The highest BCUT2D eigenvalue weighted by Crippen LogP contribution is 2.20. The molecular formula is C9H10O7. The molecule has 1 aliphatic heterocycles. The van der Waals surface area contributed by atoms with Crippen LogP contribution in [0.25, 0.3) is 0 Å². The lowest BCUT2D eigenvalue weighted by Crippen LogP contribution is -2.18. The molecule has 1 aliphatic rings. The van der Waals surface area contributed by atoms with E-state index in [2.05, 4.69) is 9.47 Å². The molecular weight excluding hydrogens is 220 g/mol. The lowest BCUT2D eigenvalue weighted by Gasteiger charge is -2.10. The van der Waals surface area contributed by atoms with Crippen molar-refractivity contribution in [1.82, 2.24) is 0 Å². The molecule has 7 heteroatoms. The number of hydrogen-bond acceptors (Lipinski definition) is 5. The summed E-state index contributed by atoms with van der Waals surface area (Å²) in [5.41, 5.74) is -0.114. The van der Waals surface area contributed by atoms with Gasteiger partial charge in [-0.3, -0.25) is 4.79 Å². The van der Waals surface area contributed by atoms with E-state index in [9.17, 15) is 14.4 Å². The summed E-state index contributed by atoms with van der Waals surface area (Å²) in [6, 6.07) is 0. The smallest absolute Gasteiger partial charge is 0.481 e. The number of cyclic esters (lactones) is 2. The standard InChI is InChI=1S/C9H10O7/c1-4(6-3-15-9(14)16-6)5(8(12)13)2-7(10)11/h6H,2-3H2,1H3,(H,10,11)(H,12,13). The highest BCUT2D eigenvalue weighted by Gasteiger charge is 2.30. The number of carboxylic acids is 2. The zero-order chi connectivity index (χ0) is 12.3. The maximum Gasteiger partial charge on any atom is 0.509 e. The number of hydrogen-bond donors (Lipinski definition) is 2. The maximum atomic E-state index is 10.8. The monoisotopic (exact) mass is 230 g/mol. The molecule has 1 rings (SSSR count). The summed E-state index contributed by atoms with van der Waals surface area (Å²) in [6.45, 7) is 1.31. The number of ether oxygens (including phenoxy) is 2. The minimum absolute atomic E-state index is 0.0962. The topological polar surface area (TPSA) is 110 Å². The fraction of sp³-hybridized carbons (Fsp3) is 0.444. The predicted octanol–water partition coefficient (Wildman–Crippen LogP) is 0.398. The largest absolute Gasteiger partial charge is 0.509 e. The predicted molar refractivity (Wildman–Crippen MR) is 48.8 cm³/mol. The Morgan fingerprint density at radius 2 is 2.06 bits per heavy atom. The van der Waals surface area contributed by atoms with Crippen molar-refractivity contribution in [2.24, 2.45) is 0 Å². The van der Waals surface area contributed by atoms with Crippen LogP contribution >= 0.6 is 0 Å². The van der Waals surface area contributed by atoms with Gasteiger partial charge in [-0.2, -0.15) is 0 Å². The third-order valence-electron chi connectivity index (χ3n) is 2.14. The van der Waals surface area contributed by atoms with Crippen molar-refractivity contribution >= 4 is 18.1 Å². The Balaban J connectivity index is 2.92. The third-order valence-corrected chi connectivity index (χ3v) is 2.14. The van der Waals surface area contributed by atoms with Gasteiger partial charge >= 0.3 is 18.1 Å². The van der Waals surface area contributed by atoms with Gasteiger partial charge in [0.25, 0.3) is 0 Å². The van der Waals surface area contributed by atoms with Crippen molar-refractivity contribution in [2.45, 2.75) is 19.4 Å². The van der Waals surface area contributed by atoms with Crippen molar-refractivity contribution in [3.8, 4) is 0 Å². The molecule has 0 radical (unpaired) electrons. The Kier molecular flexibility index (Phi) is 3.49. The van der Waals surface area contributed by atoms with Crippen LogP contribution in [0, 0.1) is 0 Å².